The van der Waals surface area contributed by atoms with Crippen molar-refractivity contribution < 1.29 is 19.4 Å². The molecule has 0 bridgehead atoms. The van der Waals surface area contributed by atoms with Crippen LogP contribution in [0.1, 0.15) is 32.3 Å². The van der Waals surface area contributed by atoms with Crippen molar-refractivity contribution >= 4 is 17.4 Å². The molecule has 0 atom stereocenters. The Morgan fingerprint density at radius 3 is 2.24 bits per heavy atom. The van der Waals surface area contributed by atoms with Crippen molar-refractivity contribution in [2.75, 3.05) is 52.5 Å². The van der Waals surface area contributed by atoms with Gasteiger partial charge in [-0.05, 0) is 31.0 Å². The van der Waals surface area contributed by atoms with E-state index in [9.17, 15) is 9.59 Å². The number of hydrogen-bond acceptors (Lipinski definition) is 6. The number of amides is 2. The third kappa shape index (κ3) is 4.62. The van der Waals surface area contributed by atoms with Gasteiger partial charge in [-0.25, -0.2) is 0 Å². The number of carbonyl (C=O) groups is 2. The van der Waals surface area contributed by atoms with Gasteiger partial charge in [0, 0.05) is 39.3 Å². The van der Waals surface area contributed by atoms with Crippen LogP contribution in [0.25, 0.3) is 5.57 Å². The first-order valence-electron chi connectivity index (χ1n) is 10.5. The number of hydrogen-bond donors (Lipinski definition) is 1. The molecule has 2 aliphatic rings. The molecule has 0 radical (unpaired) electrons. The minimum atomic E-state index is -0.208. The van der Waals surface area contributed by atoms with E-state index in [1.807, 2.05) is 43.0 Å². The molecular formula is C22H31N3O4. The van der Waals surface area contributed by atoms with Gasteiger partial charge in [0.25, 0.3) is 11.8 Å². The van der Waals surface area contributed by atoms with Gasteiger partial charge in [0.15, 0.2) is 0 Å². The highest BCUT2D eigenvalue weighted by atomic mass is 16.5. The summed E-state index contributed by atoms with van der Waals surface area (Å²) in [5.41, 5.74) is 1.75. The van der Waals surface area contributed by atoms with Gasteiger partial charge in [0.1, 0.15) is 11.4 Å². The lowest BCUT2D eigenvalue weighted by Gasteiger charge is -2.36. The van der Waals surface area contributed by atoms with E-state index in [1.54, 1.807) is 0 Å². The van der Waals surface area contributed by atoms with Crippen LogP contribution in [-0.4, -0.2) is 84.1 Å². The van der Waals surface area contributed by atoms with E-state index in [1.165, 1.54) is 4.90 Å². The van der Waals surface area contributed by atoms with Crippen LogP contribution in [0.3, 0.4) is 0 Å². The van der Waals surface area contributed by atoms with E-state index in [-0.39, 0.29) is 18.4 Å². The van der Waals surface area contributed by atoms with Crippen molar-refractivity contribution in [3.05, 3.63) is 35.5 Å². The molecule has 0 aliphatic carbocycles. The number of carbonyl (C=O) groups excluding carboxylic acids is 2. The van der Waals surface area contributed by atoms with Gasteiger partial charge in [-0.1, -0.05) is 25.5 Å². The second-order valence-corrected chi connectivity index (χ2v) is 7.35. The molecule has 2 heterocycles. The predicted octanol–water partition coefficient (Wildman–Crippen LogP) is 1.58. The number of ether oxygens (including phenoxy) is 1. The standard InChI is InChI=1S/C22H31N3O4/c1-3-5-10-25-21(27)19(17-6-8-18(9-7-17)29-4-2)20(22(25)28)24-13-11-23(12-14-24)15-16-26/h6-9,26H,3-5,10-16H2,1-2H3. The number of imide groups is 1. The number of benzene rings is 1. The molecule has 1 aromatic rings. The highest BCUT2D eigenvalue weighted by Gasteiger charge is 2.41. The summed E-state index contributed by atoms with van der Waals surface area (Å²) in [7, 11) is 0. The minimum absolute atomic E-state index is 0.127. The number of unbranched alkanes of at least 4 members (excludes halogenated alkanes) is 1. The van der Waals surface area contributed by atoms with Crippen LogP contribution in [0.2, 0.25) is 0 Å². The summed E-state index contributed by atoms with van der Waals surface area (Å²) in [6.07, 6.45) is 1.72. The fourth-order valence-electron chi connectivity index (χ4n) is 3.86. The molecule has 158 valence electrons. The largest absolute Gasteiger partial charge is 0.494 e. The SMILES string of the molecule is CCCCN1C(=O)C(c2ccc(OCC)cc2)=C(N2CCN(CCO)CC2)C1=O. The van der Waals surface area contributed by atoms with E-state index >= 15 is 0 Å². The van der Waals surface area contributed by atoms with E-state index in [0.717, 1.165) is 37.2 Å². The Balaban J connectivity index is 1.91. The highest BCUT2D eigenvalue weighted by Crippen LogP contribution is 2.33. The first kappa shape index (κ1) is 21.3. The summed E-state index contributed by atoms with van der Waals surface area (Å²) in [6.45, 7) is 8.61. The molecule has 2 amide bonds. The Morgan fingerprint density at radius 1 is 0.966 bits per heavy atom. The molecule has 0 spiro atoms. The number of rotatable bonds is 9. The molecule has 1 fully saturated rings. The number of β-amino-alcohol motifs (C(OH)–C–C–N with tert-alkyl or cyclic N) is 1. The van der Waals surface area contributed by atoms with Crippen LogP contribution >= 0.6 is 0 Å². The van der Waals surface area contributed by atoms with Crippen molar-refractivity contribution in [3.63, 3.8) is 0 Å². The monoisotopic (exact) mass is 401 g/mol. The van der Waals surface area contributed by atoms with Crippen molar-refractivity contribution in [2.45, 2.75) is 26.7 Å². The first-order chi connectivity index (χ1) is 14.1. The Morgan fingerprint density at radius 2 is 1.66 bits per heavy atom. The van der Waals surface area contributed by atoms with Gasteiger partial charge in [0.05, 0.1) is 18.8 Å². The molecule has 1 saturated heterocycles. The Labute approximate surface area is 172 Å². The average molecular weight is 402 g/mol. The fourth-order valence-corrected chi connectivity index (χ4v) is 3.86. The molecular weight excluding hydrogens is 370 g/mol. The van der Waals surface area contributed by atoms with Crippen molar-refractivity contribution in [3.8, 4) is 5.75 Å². The normalized spacial score (nSPS) is 18.2. The second-order valence-electron chi connectivity index (χ2n) is 7.35. The second kappa shape index (κ2) is 9.89. The summed E-state index contributed by atoms with van der Waals surface area (Å²) in [5.74, 6) is 0.346. The van der Waals surface area contributed by atoms with E-state index in [2.05, 4.69) is 4.90 Å². The lowest BCUT2D eigenvalue weighted by atomic mass is 10.0. The van der Waals surface area contributed by atoms with Gasteiger partial charge < -0.3 is 14.7 Å². The molecule has 0 unspecified atom stereocenters. The number of nitrogens with zero attached hydrogens (tertiary/aromatic N) is 3. The zero-order valence-corrected chi connectivity index (χ0v) is 17.4. The van der Waals surface area contributed by atoms with Crippen LogP contribution < -0.4 is 4.74 Å². The smallest absolute Gasteiger partial charge is 0.277 e. The first-order valence-corrected chi connectivity index (χ1v) is 10.5. The van der Waals surface area contributed by atoms with Gasteiger partial charge in [-0.3, -0.25) is 19.4 Å². The maximum atomic E-state index is 13.2. The summed E-state index contributed by atoms with van der Waals surface area (Å²) in [6, 6.07) is 7.40. The Kier molecular flexibility index (Phi) is 7.28. The summed E-state index contributed by atoms with van der Waals surface area (Å²) in [4.78, 5) is 32.0. The zero-order valence-electron chi connectivity index (χ0n) is 17.4. The van der Waals surface area contributed by atoms with E-state index < -0.39 is 0 Å². The molecule has 1 N–H and O–H groups in total. The number of piperazine rings is 1. The van der Waals surface area contributed by atoms with Crippen LogP contribution in [0.4, 0.5) is 0 Å². The number of aliphatic hydroxyl groups is 1. The summed E-state index contributed by atoms with van der Waals surface area (Å²) < 4.78 is 5.51. The van der Waals surface area contributed by atoms with Crippen molar-refractivity contribution in [2.24, 2.45) is 0 Å². The maximum absolute atomic E-state index is 13.2. The quantitative estimate of drug-likeness (QED) is 0.634. The van der Waals surface area contributed by atoms with Crippen LogP contribution in [0, 0.1) is 0 Å². The van der Waals surface area contributed by atoms with Crippen LogP contribution in [-0.2, 0) is 9.59 Å². The van der Waals surface area contributed by atoms with Crippen LogP contribution in [0.5, 0.6) is 5.75 Å². The average Bonchev–Trinajstić information content (AvgIpc) is 2.98. The fraction of sp³-hybridized carbons (Fsp3) is 0.545. The third-order valence-corrected chi connectivity index (χ3v) is 5.44. The van der Waals surface area contributed by atoms with Gasteiger partial charge >= 0.3 is 0 Å². The molecule has 7 nitrogen and oxygen atoms in total. The predicted molar refractivity (Wildman–Crippen MR) is 111 cm³/mol. The van der Waals surface area contributed by atoms with Crippen molar-refractivity contribution in [1.82, 2.24) is 14.7 Å². The van der Waals surface area contributed by atoms with E-state index in [4.69, 9.17) is 9.84 Å². The lowest BCUT2D eigenvalue weighted by molar-refractivity contribution is -0.137. The molecule has 2 aliphatic heterocycles. The summed E-state index contributed by atoms with van der Waals surface area (Å²) in [5, 5.41) is 9.16. The lowest BCUT2D eigenvalue weighted by Crippen LogP contribution is -2.48. The zero-order chi connectivity index (χ0) is 20.8. The highest BCUT2D eigenvalue weighted by molar-refractivity contribution is 6.35. The maximum Gasteiger partial charge on any atom is 0.277 e. The number of aliphatic hydroxyl groups excluding tert-OH is 1. The molecule has 1 aromatic carbocycles. The van der Waals surface area contributed by atoms with Gasteiger partial charge in [0.2, 0.25) is 0 Å². The van der Waals surface area contributed by atoms with Gasteiger partial charge in [-0.2, -0.15) is 0 Å². The molecule has 3 rings (SSSR count). The Bertz CT molecular complexity index is 752. The van der Waals surface area contributed by atoms with Crippen molar-refractivity contribution in [1.29, 1.82) is 0 Å². The summed E-state index contributed by atoms with van der Waals surface area (Å²) >= 11 is 0. The molecule has 0 saturated carbocycles. The van der Waals surface area contributed by atoms with Crippen LogP contribution in [0.15, 0.2) is 30.0 Å². The molecule has 0 aromatic heterocycles. The van der Waals surface area contributed by atoms with Gasteiger partial charge in [-0.15, -0.1) is 0 Å². The topological polar surface area (TPSA) is 73.3 Å². The molecule has 7 heteroatoms. The molecule has 29 heavy (non-hydrogen) atoms. The Hall–Kier alpha value is -2.38. The third-order valence-electron chi connectivity index (χ3n) is 5.44. The van der Waals surface area contributed by atoms with E-state index in [0.29, 0.717) is 44.1 Å². The minimum Gasteiger partial charge on any atom is -0.494 e.